The molecule has 1 aliphatic carbocycles. The summed E-state index contributed by atoms with van der Waals surface area (Å²) in [5.74, 6) is 0.874. The fraction of sp³-hybridized carbons (Fsp3) is 0.588. The number of nitriles is 1. The van der Waals surface area contributed by atoms with Crippen molar-refractivity contribution in [2.75, 3.05) is 26.2 Å². The van der Waals surface area contributed by atoms with Crippen molar-refractivity contribution in [2.45, 2.75) is 31.7 Å². The van der Waals surface area contributed by atoms with Gasteiger partial charge in [0.05, 0.1) is 16.1 Å². The molecule has 0 radical (unpaired) electrons. The molecule has 0 aromatic heterocycles. The SMILES string of the molecule is Cl.Cl.N#Cc1cc(Br)c(O)c([C@H](C2CCCC2)N2CCNCC2)c1. The van der Waals surface area contributed by atoms with Crippen molar-refractivity contribution >= 4 is 40.7 Å². The van der Waals surface area contributed by atoms with E-state index in [1.54, 1.807) is 6.07 Å². The number of phenols is 1. The molecule has 1 saturated heterocycles. The van der Waals surface area contributed by atoms with Crippen molar-refractivity contribution in [3.63, 3.8) is 0 Å². The van der Waals surface area contributed by atoms with Gasteiger partial charge in [-0.3, -0.25) is 4.90 Å². The standard InChI is InChI=1S/C17H22BrN3O.2ClH/c18-15-10-12(11-19)9-14(17(15)22)16(13-3-1-2-4-13)21-7-5-20-6-8-21;;/h9-10,13,16,20,22H,1-8H2;2*1H/t16-;;/m0../s1. The first-order valence-electron chi connectivity index (χ1n) is 8.08. The van der Waals surface area contributed by atoms with E-state index in [-0.39, 0.29) is 30.9 Å². The molecule has 2 fully saturated rings. The maximum absolute atomic E-state index is 10.6. The van der Waals surface area contributed by atoms with Crippen LogP contribution in [-0.2, 0) is 0 Å². The van der Waals surface area contributed by atoms with E-state index in [1.165, 1.54) is 25.7 Å². The number of piperazine rings is 1. The molecule has 0 bridgehead atoms. The number of benzene rings is 1. The van der Waals surface area contributed by atoms with E-state index in [9.17, 15) is 10.4 Å². The van der Waals surface area contributed by atoms with E-state index >= 15 is 0 Å². The summed E-state index contributed by atoms with van der Waals surface area (Å²) in [5, 5.41) is 23.2. The van der Waals surface area contributed by atoms with E-state index in [1.807, 2.05) is 6.07 Å². The lowest BCUT2D eigenvalue weighted by Gasteiger charge is -2.39. The van der Waals surface area contributed by atoms with Crippen LogP contribution >= 0.6 is 40.7 Å². The third kappa shape index (κ3) is 4.56. The first-order valence-corrected chi connectivity index (χ1v) is 8.87. The van der Waals surface area contributed by atoms with E-state index in [0.29, 0.717) is 21.7 Å². The van der Waals surface area contributed by atoms with Crippen LogP contribution in [0.25, 0.3) is 0 Å². The zero-order chi connectivity index (χ0) is 15.5. The molecule has 7 heteroatoms. The van der Waals surface area contributed by atoms with Gasteiger partial charge in [0.25, 0.3) is 0 Å². The van der Waals surface area contributed by atoms with Gasteiger partial charge in [-0.2, -0.15) is 5.26 Å². The van der Waals surface area contributed by atoms with Crippen molar-refractivity contribution in [3.8, 4) is 11.8 Å². The number of aromatic hydroxyl groups is 1. The number of phenolic OH excluding ortho intramolecular Hbond substituents is 1. The Hall–Kier alpha value is -0.510. The average Bonchev–Trinajstić information content (AvgIpc) is 3.06. The van der Waals surface area contributed by atoms with Crippen LogP contribution in [0.15, 0.2) is 16.6 Å². The van der Waals surface area contributed by atoms with Crippen LogP contribution < -0.4 is 5.32 Å². The first kappa shape index (κ1) is 21.5. The Morgan fingerprint density at radius 3 is 2.42 bits per heavy atom. The molecule has 1 saturated carbocycles. The second-order valence-electron chi connectivity index (χ2n) is 6.28. The Morgan fingerprint density at radius 2 is 1.83 bits per heavy atom. The molecule has 0 spiro atoms. The molecule has 0 amide bonds. The molecular weight excluding hydrogens is 413 g/mol. The summed E-state index contributed by atoms with van der Waals surface area (Å²) >= 11 is 3.41. The van der Waals surface area contributed by atoms with Crippen LogP contribution in [0.1, 0.15) is 42.9 Å². The van der Waals surface area contributed by atoms with E-state index in [2.05, 4.69) is 32.2 Å². The predicted molar refractivity (Wildman–Crippen MR) is 104 cm³/mol. The largest absolute Gasteiger partial charge is 0.506 e. The Balaban J connectivity index is 0.00000144. The summed E-state index contributed by atoms with van der Waals surface area (Å²) in [5.41, 5.74) is 1.53. The van der Waals surface area contributed by atoms with Crippen LogP contribution in [0.3, 0.4) is 0 Å². The Labute approximate surface area is 164 Å². The normalized spacial score (nSPS) is 19.8. The summed E-state index contributed by atoms with van der Waals surface area (Å²) in [6.07, 6.45) is 4.96. The maximum atomic E-state index is 10.6. The summed E-state index contributed by atoms with van der Waals surface area (Å²) in [6.45, 7) is 3.97. The second-order valence-corrected chi connectivity index (χ2v) is 7.14. The number of nitrogens with one attached hydrogen (secondary N) is 1. The minimum Gasteiger partial charge on any atom is -0.506 e. The van der Waals surface area contributed by atoms with Crippen molar-refractivity contribution in [1.82, 2.24) is 10.2 Å². The first-order chi connectivity index (χ1) is 10.7. The average molecular weight is 437 g/mol. The molecule has 134 valence electrons. The predicted octanol–water partition coefficient (Wildman–Crippen LogP) is 4.01. The van der Waals surface area contributed by atoms with Gasteiger partial charge in [-0.25, -0.2) is 0 Å². The second kappa shape index (κ2) is 9.84. The molecule has 2 N–H and O–H groups in total. The highest BCUT2D eigenvalue weighted by Gasteiger charge is 2.34. The lowest BCUT2D eigenvalue weighted by molar-refractivity contribution is 0.123. The quantitative estimate of drug-likeness (QED) is 0.751. The number of halogens is 3. The molecule has 1 aromatic carbocycles. The number of rotatable bonds is 3. The van der Waals surface area contributed by atoms with Gasteiger partial charge in [0.15, 0.2) is 0 Å². The fourth-order valence-corrected chi connectivity index (χ4v) is 4.37. The minimum atomic E-state index is 0. The number of hydrogen-bond acceptors (Lipinski definition) is 4. The summed E-state index contributed by atoms with van der Waals surface area (Å²) in [4.78, 5) is 2.48. The van der Waals surface area contributed by atoms with Gasteiger partial charge in [-0.05, 0) is 46.8 Å². The van der Waals surface area contributed by atoms with Gasteiger partial charge in [0.2, 0.25) is 0 Å². The van der Waals surface area contributed by atoms with Gasteiger partial charge in [-0.1, -0.05) is 12.8 Å². The van der Waals surface area contributed by atoms with Crippen LogP contribution in [-0.4, -0.2) is 36.2 Å². The summed E-state index contributed by atoms with van der Waals surface area (Å²) < 4.78 is 0.625. The zero-order valence-corrected chi connectivity index (χ0v) is 16.7. The zero-order valence-electron chi connectivity index (χ0n) is 13.5. The lowest BCUT2D eigenvalue weighted by atomic mass is 9.88. The molecule has 24 heavy (non-hydrogen) atoms. The van der Waals surface area contributed by atoms with Crippen molar-refractivity contribution in [3.05, 3.63) is 27.7 Å². The van der Waals surface area contributed by atoms with Crippen LogP contribution in [0.5, 0.6) is 5.75 Å². The van der Waals surface area contributed by atoms with Crippen molar-refractivity contribution < 1.29 is 5.11 Å². The van der Waals surface area contributed by atoms with Gasteiger partial charge in [0, 0.05) is 37.8 Å². The smallest absolute Gasteiger partial charge is 0.134 e. The van der Waals surface area contributed by atoms with Gasteiger partial charge < -0.3 is 10.4 Å². The Kier molecular flexibility index (Phi) is 8.83. The molecule has 1 aromatic rings. The Morgan fingerprint density at radius 1 is 1.21 bits per heavy atom. The van der Waals surface area contributed by atoms with E-state index in [0.717, 1.165) is 31.7 Å². The molecule has 4 nitrogen and oxygen atoms in total. The topological polar surface area (TPSA) is 59.3 Å². The van der Waals surface area contributed by atoms with Crippen molar-refractivity contribution in [2.24, 2.45) is 5.92 Å². The highest BCUT2D eigenvalue weighted by Crippen LogP contribution is 2.44. The fourth-order valence-electron chi connectivity index (χ4n) is 3.89. The van der Waals surface area contributed by atoms with Gasteiger partial charge in [-0.15, -0.1) is 24.8 Å². The monoisotopic (exact) mass is 435 g/mol. The molecule has 3 rings (SSSR count). The molecule has 1 heterocycles. The number of hydrogen-bond donors (Lipinski definition) is 2. The van der Waals surface area contributed by atoms with Crippen molar-refractivity contribution in [1.29, 1.82) is 5.26 Å². The van der Waals surface area contributed by atoms with Crippen LogP contribution in [0, 0.1) is 17.2 Å². The molecular formula is C17H24BrCl2N3O. The maximum Gasteiger partial charge on any atom is 0.134 e. The van der Waals surface area contributed by atoms with Gasteiger partial charge in [0.1, 0.15) is 5.75 Å². The van der Waals surface area contributed by atoms with Crippen LogP contribution in [0.2, 0.25) is 0 Å². The Bertz CT molecular complexity index is 582. The summed E-state index contributed by atoms with van der Waals surface area (Å²) in [7, 11) is 0. The molecule has 1 aliphatic heterocycles. The van der Waals surface area contributed by atoms with E-state index < -0.39 is 0 Å². The third-order valence-corrected chi connectivity index (χ3v) is 5.54. The van der Waals surface area contributed by atoms with Crippen LogP contribution in [0.4, 0.5) is 0 Å². The van der Waals surface area contributed by atoms with Gasteiger partial charge >= 0.3 is 0 Å². The highest BCUT2D eigenvalue weighted by atomic mass is 79.9. The lowest BCUT2D eigenvalue weighted by Crippen LogP contribution is -2.46. The minimum absolute atomic E-state index is 0. The third-order valence-electron chi connectivity index (χ3n) is 4.93. The molecule has 0 unspecified atom stereocenters. The summed E-state index contributed by atoms with van der Waals surface area (Å²) in [6, 6.07) is 6.01. The van der Waals surface area contributed by atoms with E-state index in [4.69, 9.17) is 0 Å². The number of nitrogens with zero attached hydrogens (tertiary/aromatic N) is 2. The molecule has 2 aliphatic rings. The highest BCUT2D eigenvalue weighted by molar-refractivity contribution is 9.10. The molecule has 1 atom stereocenters.